The van der Waals surface area contributed by atoms with Gasteiger partial charge < -0.3 is 14.6 Å². The number of hydrogen-bond donors (Lipinski definition) is 1. The van der Waals surface area contributed by atoms with E-state index in [9.17, 15) is 4.79 Å². The van der Waals surface area contributed by atoms with Crippen molar-refractivity contribution in [2.75, 3.05) is 25.0 Å². The SMILES string of the molecule is CCN(CC)CCC(=O)Nc1ccc(-c2nc3cc(Cl)ccc3o2)cc1. The number of fused-ring (bicyclic) bond motifs is 1. The highest BCUT2D eigenvalue weighted by Gasteiger charge is 2.10. The van der Waals surface area contributed by atoms with Crippen LogP contribution in [0.4, 0.5) is 5.69 Å². The van der Waals surface area contributed by atoms with Gasteiger partial charge in [-0.25, -0.2) is 4.98 Å². The molecular formula is C20H22ClN3O2. The number of nitrogens with zero attached hydrogens (tertiary/aromatic N) is 2. The van der Waals surface area contributed by atoms with Gasteiger partial charge in [0.2, 0.25) is 11.8 Å². The lowest BCUT2D eigenvalue weighted by Crippen LogP contribution is -2.27. The summed E-state index contributed by atoms with van der Waals surface area (Å²) >= 11 is 5.98. The molecule has 0 fully saturated rings. The quantitative estimate of drug-likeness (QED) is 0.647. The second-order valence-corrected chi connectivity index (χ2v) is 6.47. The molecule has 0 aliphatic carbocycles. The Kier molecular flexibility index (Phi) is 5.91. The molecule has 1 N–H and O–H groups in total. The van der Waals surface area contributed by atoms with Crippen LogP contribution in [0.5, 0.6) is 0 Å². The van der Waals surface area contributed by atoms with E-state index in [1.807, 2.05) is 24.3 Å². The van der Waals surface area contributed by atoms with E-state index < -0.39 is 0 Å². The molecule has 0 saturated heterocycles. The molecule has 6 heteroatoms. The summed E-state index contributed by atoms with van der Waals surface area (Å²) in [6.45, 7) is 6.87. The highest BCUT2D eigenvalue weighted by Crippen LogP contribution is 2.27. The molecule has 0 bridgehead atoms. The van der Waals surface area contributed by atoms with E-state index in [2.05, 4.69) is 29.0 Å². The minimum Gasteiger partial charge on any atom is -0.436 e. The molecule has 0 radical (unpaired) electrons. The molecule has 0 unspecified atom stereocenters. The number of rotatable bonds is 7. The van der Waals surface area contributed by atoms with Crippen molar-refractivity contribution in [3.8, 4) is 11.5 Å². The normalized spacial score (nSPS) is 11.2. The van der Waals surface area contributed by atoms with Crippen LogP contribution < -0.4 is 5.32 Å². The first-order valence-electron chi connectivity index (χ1n) is 8.77. The van der Waals surface area contributed by atoms with Gasteiger partial charge in [-0.2, -0.15) is 0 Å². The average molecular weight is 372 g/mol. The molecule has 2 aromatic carbocycles. The van der Waals surface area contributed by atoms with Crippen molar-refractivity contribution in [2.45, 2.75) is 20.3 Å². The highest BCUT2D eigenvalue weighted by molar-refractivity contribution is 6.31. The smallest absolute Gasteiger partial charge is 0.227 e. The molecule has 3 aromatic rings. The third-order valence-electron chi connectivity index (χ3n) is 4.31. The molecular weight excluding hydrogens is 350 g/mol. The number of oxazole rings is 1. The minimum atomic E-state index is 0.0150. The molecule has 0 aliphatic heterocycles. The van der Waals surface area contributed by atoms with E-state index in [4.69, 9.17) is 16.0 Å². The first-order chi connectivity index (χ1) is 12.6. The first-order valence-corrected chi connectivity index (χ1v) is 9.15. The monoisotopic (exact) mass is 371 g/mol. The fourth-order valence-electron chi connectivity index (χ4n) is 2.74. The molecule has 5 nitrogen and oxygen atoms in total. The number of anilines is 1. The Morgan fingerprint density at radius 2 is 1.88 bits per heavy atom. The third kappa shape index (κ3) is 4.42. The summed E-state index contributed by atoms with van der Waals surface area (Å²) in [5.41, 5.74) is 3.02. The number of nitrogens with one attached hydrogen (secondary N) is 1. The Labute approximate surface area is 158 Å². The summed E-state index contributed by atoms with van der Waals surface area (Å²) in [6.07, 6.45) is 0.481. The fourth-order valence-corrected chi connectivity index (χ4v) is 2.91. The Hall–Kier alpha value is -2.37. The van der Waals surface area contributed by atoms with Crippen LogP contribution in [0.3, 0.4) is 0 Å². The summed E-state index contributed by atoms with van der Waals surface area (Å²) in [6, 6.07) is 12.8. The lowest BCUT2D eigenvalue weighted by Gasteiger charge is -2.17. The van der Waals surface area contributed by atoms with Gasteiger partial charge in [0.1, 0.15) is 5.52 Å². The zero-order valence-electron chi connectivity index (χ0n) is 15.0. The number of carbonyl (C=O) groups is 1. The molecule has 26 heavy (non-hydrogen) atoms. The van der Waals surface area contributed by atoms with Crippen LogP contribution >= 0.6 is 11.6 Å². The van der Waals surface area contributed by atoms with Gasteiger partial charge in [0.15, 0.2) is 5.58 Å². The van der Waals surface area contributed by atoms with Gasteiger partial charge in [-0.05, 0) is 55.6 Å². The van der Waals surface area contributed by atoms with Crippen LogP contribution in [0.25, 0.3) is 22.6 Å². The number of hydrogen-bond acceptors (Lipinski definition) is 4. The largest absolute Gasteiger partial charge is 0.436 e. The van der Waals surface area contributed by atoms with Crippen molar-refractivity contribution in [1.82, 2.24) is 9.88 Å². The molecule has 0 atom stereocenters. The van der Waals surface area contributed by atoms with Crippen LogP contribution in [-0.2, 0) is 4.79 Å². The predicted octanol–water partition coefficient (Wildman–Crippen LogP) is 4.82. The number of amides is 1. The van der Waals surface area contributed by atoms with Gasteiger partial charge in [0.25, 0.3) is 0 Å². The van der Waals surface area contributed by atoms with E-state index in [0.717, 1.165) is 36.4 Å². The molecule has 1 amide bonds. The van der Waals surface area contributed by atoms with Crippen LogP contribution in [0.15, 0.2) is 46.9 Å². The predicted molar refractivity (Wildman–Crippen MR) is 105 cm³/mol. The molecule has 136 valence electrons. The molecule has 3 rings (SSSR count). The van der Waals surface area contributed by atoms with E-state index in [0.29, 0.717) is 22.9 Å². The van der Waals surface area contributed by atoms with Gasteiger partial charge in [0.05, 0.1) is 0 Å². The van der Waals surface area contributed by atoms with Crippen LogP contribution in [-0.4, -0.2) is 35.4 Å². The van der Waals surface area contributed by atoms with Crippen molar-refractivity contribution in [3.05, 3.63) is 47.5 Å². The first kappa shape index (κ1) is 18.4. The number of halogens is 1. The minimum absolute atomic E-state index is 0.0150. The van der Waals surface area contributed by atoms with E-state index in [-0.39, 0.29) is 5.91 Å². The van der Waals surface area contributed by atoms with Crippen molar-refractivity contribution >= 4 is 34.3 Å². The summed E-state index contributed by atoms with van der Waals surface area (Å²) in [5.74, 6) is 0.544. The number of benzene rings is 2. The number of aromatic nitrogens is 1. The molecule has 0 saturated carbocycles. The lowest BCUT2D eigenvalue weighted by molar-refractivity contribution is -0.116. The van der Waals surface area contributed by atoms with Crippen molar-refractivity contribution < 1.29 is 9.21 Å². The van der Waals surface area contributed by atoms with Gasteiger partial charge in [-0.15, -0.1) is 0 Å². The van der Waals surface area contributed by atoms with Crippen LogP contribution in [0, 0.1) is 0 Å². The maximum absolute atomic E-state index is 12.1. The summed E-state index contributed by atoms with van der Waals surface area (Å²) < 4.78 is 5.76. The molecule has 0 spiro atoms. The van der Waals surface area contributed by atoms with Crippen molar-refractivity contribution in [3.63, 3.8) is 0 Å². The maximum Gasteiger partial charge on any atom is 0.227 e. The van der Waals surface area contributed by atoms with Gasteiger partial charge in [-0.1, -0.05) is 25.4 Å². The van der Waals surface area contributed by atoms with E-state index >= 15 is 0 Å². The van der Waals surface area contributed by atoms with Crippen LogP contribution in [0.2, 0.25) is 5.02 Å². The third-order valence-corrected chi connectivity index (χ3v) is 4.55. The molecule has 1 aromatic heterocycles. The molecule has 1 heterocycles. The standard InChI is InChI=1S/C20H22ClN3O2/c1-3-24(4-2)12-11-19(25)22-16-8-5-14(6-9-16)20-23-17-13-15(21)7-10-18(17)26-20/h5-10,13H,3-4,11-12H2,1-2H3,(H,22,25). The van der Waals surface area contributed by atoms with Gasteiger partial charge in [-0.3, -0.25) is 4.79 Å². The second-order valence-electron chi connectivity index (χ2n) is 6.03. The Bertz CT molecular complexity index is 886. The highest BCUT2D eigenvalue weighted by atomic mass is 35.5. The zero-order valence-corrected chi connectivity index (χ0v) is 15.7. The topological polar surface area (TPSA) is 58.4 Å². The second kappa shape index (κ2) is 8.34. The fraction of sp³-hybridized carbons (Fsp3) is 0.300. The average Bonchev–Trinajstić information content (AvgIpc) is 3.06. The Balaban J connectivity index is 1.65. The van der Waals surface area contributed by atoms with E-state index in [1.54, 1.807) is 18.2 Å². The zero-order chi connectivity index (χ0) is 18.5. The molecule has 0 aliphatic rings. The summed E-state index contributed by atoms with van der Waals surface area (Å²) in [5, 5.41) is 3.55. The van der Waals surface area contributed by atoms with E-state index in [1.165, 1.54) is 0 Å². The lowest BCUT2D eigenvalue weighted by atomic mass is 10.2. The summed E-state index contributed by atoms with van der Waals surface area (Å²) in [7, 11) is 0. The van der Waals surface area contributed by atoms with Crippen molar-refractivity contribution in [2.24, 2.45) is 0 Å². The Morgan fingerprint density at radius 1 is 1.15 bits per heavy atom. The Morgan fingerprint density at radius 3 is 2.58 bits per heavy atom. The maximum atomic E-state index is 12.1. The number of carbonyl (C=O) groups excluding carboxylic acids is 1. The summed E-state index contributed by atoms with van der Waals surface area (Å²) in [4.78, 5) is 18.8. The van der Waals surface area contributed by atoms with Crippen molar-refractivity contribution in [1.29, 1.82) is 0 Å². The van der Waals surface area contributed by atoms with Crippen LogP contribution in [0.1, 0.15) is 20.3 Å². The van der Waals surface area contributed by atoms with Gasteiger partial charge >= 0.3 is 0 Å². The van der Waals surface area contributed by atoms with Gasteiger partial charge in [0, 0.05) is 29.2 Å².